The Bertz CT molecular complexity index is 2180. The number of aliphatic hydroxyl groups is 1. The summed E-state index contributed by atoms with van der Waals surface area (Å²) in [6.07, 6.45) is 11.6. The lowest BCUT2D eigenvalue weighted by Gasteiger charge is -2.73. The Kier molecular flexibility index (Phi) is 11.5. The monoisotopic (exact) mass is 863 g/mol. The highest BCUT2D eigenvalue weighted by Crippen LogP contribution is 2.77. The molecule has 62 heavy (non-hydrogen) atoms. The van der Waals surface area contributed by atoms with Gasteiger partial charge >= 0.3 is 17.6 Å². The van der Waals surface area contributed by atoms with E-state index >= 15 is 0 Å². The lowest BCUT2D eigenvalue weighted by molar-refractivity contribution is -0.250. The van der Waals surface area contributed by atoms with Crippen molar-refractivity contribution < 1.29 is 33.7 Å². The molecule has 3 heterocycles. The number of rotatable bonds is 10. The molecule has 1 amide bonds. The minimum atomic E-state index is -0.703. The smallest absolute Gasteiger partial charge is 0.330 e. The predicted octanol–water partition coefficient (Wildman–Crippen LogP) is 5.79. The van der Waals surface area contributed by atoms with Crippen LogP contribution in [0.25, 0.3) is 0 Å². The maximum atomic E-state index is 14.9. The molecular weight excluding hydrogens is 793 g/mol. The van der Waals surface area contributed by atoms with E-state index < -0.39 is 47.0 Å². The molecular formula is C47H70N6O9. The van der Waals surface area contributed by atoms with Crippen molar-refractivity contribution in [2.24, 2.45) is 62.6 Å². The summed E-state index contributed by atoms with van der Waals surface area (Å²) >= 11 is 0. The summed E-state index contributed by atoms with van der Waals surface area (Å²) < 4.78 is 19.8. The predicted molar refractivity (Wildman–Crippen MR) is 228 cm³/mol. The molecule has 342 valence electrons. The topological polar surface area (TPSA) is 197 Å². The molecule has 3 N–H and O–H groups in total. The summed E-state index contributed by atoms with van der Waals surface area (Å²) in [6, 6.07) is -0.410. The molecule has 5 aliphatic carbocycles. The summed E-state index contributed by atoms with van der Waals surface area (Å²) in [7, 11) is 1.29. The number of methoxy groups -OCH3 is 1. The highest BCUT2D eigenvalue weighted by Gasteiger charge is 2.72. The van der Waals surface area contributed by atoms with Crippen LogP contribution in [0.1, 0.15) is 149 Å². The van der Waals surface area contributed by atoms with Crippen molar-refractivity contribution in [2.75, 3.05) is 13.7 Å². The lowest BCUT2D eigenvalue weighted by atomic mass is 9.32. The van der Waals surface area contributed by atoms with Gasteiger partial charge in [0.1, 0.15) is 30.6 Å². The molecule has 0 unspecified atom stereocenters. The number of carbonyl (C=O) groups is 3. The van der Waals surface area contributed by atoms with Crippen LogP contribution in [0.2, 0.25) is 0 Å². The van der Waals surface area contributed by atoms with Gasteiger partial charge in [0.25, 0.3) is 5.56 Å². The molecule has 1 saturated heterocycles. The van der Waals surface area contributed by atoms with E-state index in [2.05, 4.69) is 69.1 Å². The quantitative estimate of drug-likeness (QED) is 0.193. The van der Waals surface area contributed by atoms with E-state index in [9.17, 15) is 29.1 Å². The fourth-order valence-electron chi connectivity index (χ4n) is 15.4. The number of fused-ring (bicyclic) bond motifs is 7. The molecule has 6 fully saturated rings. The zero-order valence-electron chi connectivity index (χ0n) is 38.3. The Morgan fingerprint density at radius 3 is 2.42 bits per heavy atom. The number of aryl methyl sites for hydroxylation is 1. The van der Waals surface area contributed by atoms with Gasteiger partial charge in [-0.1, -0.05) is 53.7 Å². The average molecular weight is 863 g/mol. The van der Waals surface area contributed by atoms with Crippen LogP contribution in [0.5, 0.6) is 0 Å². The van der Waals surface area contributed by atoms with Gasteiger partial charge in [-0.3, -0.25) is 28.7 Å². The Labute approximate surface area is 364 Å². The van der Waals surface area contributed by atoms with E-state index in [0.29, 0.717) is 47.3 Å². The number of hydrogen-bond acceptors (Lipinski definition) is 11. The number of aromatic amines is 1. The number of aliphatic hydroxyl groups excluding tert-OH is 1. The maximum absolute atomic E-state index is 14.9. The van der Waals surface area contributed by atoms with Gasteiger partial charge in [-0.25, -0.2) is 9.48 Å². The Balaban J connectivity index is 0.984. The number of hydrogen-bond donors (Lipinski definition) is 3. The van der Waals surface area contributed by atoms with Gasteiger partial charge in [0.2, 0.25) is 5.91 Å². The van der Waals surface area contributed by atoms with Gasteiger partial charge in [-0.15, -0.1) is 5.10 Å². The fourth-order valence-corrected chi connectivity index (χ4v) is 15.4. The molecule has 15 nitrogen and oxygen atoms in total. The number of ether oxygens (including phenoxy) is 3. The molecule has 8 rings (SSSR count). The zero-order valence-corrected chi connectivity index (χ0v) is 38.3. The maximum Gasteiger partial charge on any atom is 0.330 e. The molecule has 15 heteroatoms. The SMILES string of the molecule is COC(=O)CC(=O)O[C@H]1CC[C@]2(C)[C@H]3CC[C@@H]4[C@H]5[C@H](C(C)C)CC[C@]5(C(=O)NCc5cn([C@H]6C[C@H](n7cc(C)c(=O)[nH]c7=O)O[C@@H]6CO)nn5)CC[C@@]4(C)[C@]3(C)CC[C@H]2C1(C)C. The van der Waals surface area contributed by atoms with Crippen LogP contribution < -0.4 is 16.6 Å². The van der Waals surface area contributed by atoms with Crippen LogP contribution in [0.4, 0.5) is 0 Å². The van der Waals surface area contributed by atoms with Crippen molar-refractivity contribution in [3.63, 3.8) is 0 Å². The molecule has 2 aromatic rings. The first-order chi connectivity index (χ1) is 29.2. The molecule has 0 spiro atoms. The number of esters is 2. The van der Waals surface area contributed by atoms with Crippen LogP contribution >= 0.6 is 0 Å². The number of H-pyrrole nitrogens is 1. The third-order valence-electron chi connectivity index (χ3n) is 18.7. The van der Waals surface area contributed by atoms with E-state index in [0.717, 1.165) is 64.2 Å². The van der Waals surface area contributed by atoms with E-state index in [1.54, 1.807) is 17.8 Å². The first-order valence-corrected chi connectivity index (χ1v) is 23.3. The van der Waals surface area contributed by atoms with Crippen molar-refractivity contribution in [1.29, 1.82) is 0 Å². The minimum Gasteiger partial charge on any atom is -0.469 e. The van der Waals surface area contributed by atoms with Gasteiger partial charge in [-0.2, -0.15) is 0 Å². The summed E-state index contributed by atoms with van der Waals surface area (Å²) in [6.45, 7) is 18.5. The van der Waals surface area contributed by atoms with Crippen molar-refractivity contribution in [1.82, 2.24) is 29.9 Å². The second kappa shape index (κ2) is 16.0. The molecule has 0 aromatic carbocycles. The highest BCUT2D eigenvalue weighted by molar-refractivity contribution is 5.91. The van der Waals surface area contributed by atoms with E-state index in [1.807, 2.05) is 0 Å². The molecule has 5 saturated carbocycles. The van der Waals surface area contributed by atoms with Crippen LogP contribution in [0.3, 0.4) is 0 Å². The first-order valence-electron chi connectivity index (χ1n) is 23.3. The average Bonchev–Trinajstić information content (AvgIpc) is 3.97. The molecule has 0 bridgehead atoms. The first kappa shape index (κ1) is 44.7. The van der Waals surface area contributed by atoms with Gasteiger partial charge in [0.15, 0.2) is 0 Å². The number of carbonyl (C=O) groups excluding carboxylic acids is 3. The van der Waals surface area contributed by atoms with Crippen LogP contribution in [-0.4, -0.2) is 73.4 Å². The van der Waals surface area contributed by atoms with E-state index in [4.69, 9.17) is 14.2 Å². The van der Waals surface area contributed by atoms with Crippen molar-refractivity contribution in [3.8, 4) is 0 Å². The summed E-state index contributed by atoms with van der Waals surface area (Å²) in [5, 5.41) is 22.4. The fraction of sp³-hybridized carbons (Fsp3) is 0.809. The van der Waals surface area contributed by atoms with Crippen LogP contribution in [0, 0.1) is 69.5 Å². The molecule has 0 radical (unpaired) electrons. The van der Waals surface area contributed by atoms with Crippen LogP contribution in [-0.2, 0) is 35.1 Å². The number of nitrogens with one attached hydrogen (secondary N) is 2. The second-order valence-corrected chi connectivity index (χ2v) is 21.9. The van der Waals surface area contributed by atoms with Crippen molar-refractivity contribution in [2.45, 2.75) is 163 Å². The molecule has 6 aliphatic rings. The Hall–Kier alpha value is -3.85. The number of nitrogens with zero attached hydrogens (tertiary/aromatic N) is 4. The van der Waals surface area contributed by atoms with Crippen LogP contribution in [0.15, 0.2) is 22.0 Å². The van der Waals surface area contributed by atoms with E-state index in [1.165, 1.54) is 17.9 Å². The van der Waals surface area contributed by atoms with Gasteiger partial charge < -0.3 is 24.6 Å². The Morgan fingerprint density at radius 1 is 0.952 bits per heavy atom. The standard InChI is InChI=1S/C47H70N6O9/c1-26(2)29-12-17-47(41(58)48-22-28-24-53(51-50-28)31-20-36(61-32(31)25-54)52-23-27(3)40(57)49-42(52)59)19-18-45(7)30(39(29)47)10-11-34-44(6)15-14-35(62-38(56)21-37(55)60-9)43(4,5)33(44)13-16-46(34,45)8/h23-24,26,29-36,39,54H,10-22,25H2,1-9H3,(H,48,58)(H,49,57,59)/t29-,30+,31-,32+,33-,34+,35-,36+,39+,44-,45+,46+,47-/m0/s1. The third-order valence-corrected chi connectivity index (χ3v) is 18.7. The van der Waals surface area contributed by atoms with E-state index in [-0.39, 0.29) is 59.2 Å². The zero-order chi connectivity index (χ0) is 44.7. The molecule has 1 aliphatic heterocycles. The summed E-state index contributed by atoms with van der Waals surface area (Å²) in [5.41, 5.74) is -0.501. The number of aromatic nitrogens is 5. The number of amides is 1. The third kappa shape index (κ3) is 6.92. The van der Waals surface area contributed by atoms with Gasteiger partial charge in [-0.05, 0) is 123 Å². The molecule has 2 aromatic heterocycles. The van der Waals surface area contributed by atoms with Gasteiger partial charge in [0.05, 0.1) is 37.9 Å². The van der Waals surface area contributed by atoms with Gasteiger partial charge in [0, 0.05) is 23.6 Å². The minimum absolute atomic E-state index is 0.0653. The highest BCUT2D eigenvalue weighted by atomic mass is 16.6. The summed E-state index contributed by atoms with van der Waals surface area (Å²) in [4.78, 5) is 66.5. The Morgan fingerprint density at radius 2 is 1.71 bits per heavy atom. The summed E-state index contributed by atoms with van der Waals surface area (Å²) in [5.74, 6) is 1.55. The molecule has 13 atom stereocenters. The normalized spacial score (nSPS) is 39.6. The van der Waals surface area contributed by atoms with Crippen molar-refractivity contribution >= 4 is 17.8 Å². The largest absolute Gasteiger partial charge is 0.469 e. The lowest BCUT2D eigenvalue weighted by Crippen LogP contribution is -2.67. The second-order valence-electron chi connectivity index (χ2n) is 21.9. The van der Waals surface area contributed by atoms with Crippen molar-refractivity contribution in [3.05, 3.63) is 44.5 Å².